The first-order valence-corrected chi connectivity index (χ1v) is 9.55. The van der Waals surface area contributed by atoms with Crippen LogP contribution in [0.5, 0.6) is 11.5 Å². The van der Waals surface area contributed by atoms with Gasteiger partial charge in [0.15, 0.2) is 5.75 Å². The Kier molecular flexibility index (Phi) is 5.48. The number of H-pyrrole nitrogens is 1. The quantitative estimate of drug-likeness (QED) is 0.495. The molecule has 2 amide bonds. The second-order valence-corrected chi connectivity index (χ2v) is 6.87. The van der Waals surface area contributed by atoms with Crippen LogP contribution in [0, 0.1) is 0 Å². The molecule has 0 unspecified atom stereocenters. The van der Waals surface area contributed by atoms with Crippen molar-refractivity contribution in [1.29, 1.82) is 0 Å². The van der Waals surface area contributed by atoms with Gasteiger partial charge in [0.25, 0.3) is 5.91 Å². The number of carbonyl (C=O) groups excluding carboxylic acids is 2. The molecule has 0 saturated heterocycles. The van der Waals surface area contributed by atoms with Gasteiger partial charge in [0, 0.05) is 24.1 Å². The molecule has 1 heterocycles. The number of likely N-dealkylation sites (N-methyl/N-ethyl adjacent to an activating group) is 1. The number of hydrogen-bond donors (Lipinski definition) is 2. The molecule has 0 bridgehead atoms. The first-order valence-electron chi connectivity index (χ1n) is 9.55. The van der Waals surface area contributed by atoms with Gasteiger partial charge < -0.3 is 19.9 Å². The van der Waals surface area contributed by atoms with Crippen molar-refractivity contribution in [3.05, 3.63) is 90.6 Å². The second kappa shape index (κ2) is 8.53. The van der Waals surface area contributed by atoms with Crippen molar-refractivity contribution >= 4 is 28.4 Å². The Morgan fingerprint density at radius 1 is 0.933 bits per heavy atom. The number of ether oxygens (including phenoxy) is 1. The van der Waals surface area contributed by atoms with Gasteiger partial charge in [-0.25, -0.2) is 0 Å². The molecule has 150 valence electrons. The minimum atomic E-state index is -0.310. The molecule has 0 spiro atoms. The van der Waals surface area contributed by atoms with Crippen molar-refractivity contribution in [3.8, 4) is 11.5 Å². The number of aromatic nitrogens is 1. The van der Waals surface area contributed by atoms with E-state index in [0.29, 0.717) is 22.7 Å². The molecule has 2 N–H and O–H groups in total. The molecule has 6 heteroatoms. The van der Waals surface area contributed by atoms with Crippen LogP contribution < -0.4 is 10.1 Å². The van der Waals surface area contributed by atoms with Gasteiger partial charge in [-0.2, -0.15) is 0 Å². The molecule has 3 aromatic carbocycles. The summed E-state index contributed by atoms with van der Waals surface area (Å²) in [5, 5.41) is 3.66. The Balaban J connectivity index is 1.44. The third-order valence-corrected chi connectivity index (χ3v) is 4.68. The highest BCUT2D eigenvalue weighted by molar-refractivity contribution is 6.08. The summed E-state index contributed by atoms with van der Waals surface area (Å²) in [5.74, 6) is 0.666. The van der Waals surface area contributed by atoms with Crippen molar-refractivity contribution in [2.75, 3.05) is 18.9 Å². The third-order valence-electron chi connectivity index (χ3n) is 4.68. The van der Waals surface area contributed by atoms with E-state index in [1.807, 2.05) is 66.7 Å². The minimum Gasteiger partial charge on any atom is -0.455 e. The van der Waals surface area contributed by atoms with E-state index in [9.17, 15) is 9.59 Å². The van der Waals surface area contributed by atoms with Gasteiger partial charge in [0.05, 0.1) is 17.8 Å². The summed E-state index contributed by atoms with van der Waals surface area (Å²) in [6.45, 7) is -0.0853. The normalized spacial score (nSPS) is 10.6. The number of para-hydroxylation sites is 4. The number of hydrogen-bond acceptors (Lipinski definition) is 3. The lowest BCUT2D eigenvalue weighted by molar-refractivity contribution is -0.116. The maximum Gasteiger partial charge on any atom is 0.256 e. The van der Waals surface area contributed by atoms with Crippen LogP contribution in [0.2, 0.25) is 0 Å². The summed E-state index contributed by atoms with van der Waals surface area (Å²) in [7, 11) is 1.61. The Morgan fingerprint density at radius 2 is 1.63 bits per heavy atom. The highest BCUT2D eigenvalue weighted by Gasteiger charge is 2.19. The van der Waals surface area contributed by atoms with Crippen LogP contribution in [0.3, 0.4) is 0 Å². The standard InChI is InChI=1S/C24H21N3O3/c1-27(24(29)19-15-25-20-12-6-5-11-18(19)20)16-23(28)26-21-13-7-8-14-22(21)30-17-9-3-2-4-10-17/h2-15,25H,16H2,1H3,(H,26,28). The van der Waals surface area contributed by atoms with Crippen molar-refractivity contribution in [2.24, 2.45) is 0 Å². The fourth-order valence-electron chi connectivity index (χ4n) is 3.21. The second-order valence-electron chi connectivity index (χ2n) is 6.87. The van der Waals surface area contributed by atoms with E-state index >= 15 is 0 Å². The summed E-state index contributed by atoms with van der Waals surface area (Å²) in [5.41, 5.74) is 1.96. The summed E-state index contributed by atoms with van der Waals surface area (Å²) in [4.78, 5) is 29.9. The Labute approximate surface area is 174 Å². The van der Waals surface area contributed by atoms with Gasteiger partial charge in [0.1, 0.15) is 5.75 Å². The van der Waals surface area contributed by atoms with Crippen LogP contribution in [-0.4, -0.2) is 35.3 Å². The summed E-state index contributed by atoms with van der Waals surface area (Å²) < 4.78 is 5.87. The van der Waals surface area contributed by atoms with Gasteiger partial charge >= 0.3 is 0 Å². The molecule has 1 aromatic heterocycles. The van der Waals surface area contributed by atoms with Gasteiger partial charge in [0.2, 0.25) is 5.91 Å². The van der Waals surface area contributed by atoms with Crippen molar-refractivity contribution in [2.45, 2.75) is 0 Å². The van der Waals surface area contributed by atoms with Crippen LogP contribution in [0.25, 0.3) is 10.9 Å². The molecule has 0 aliphatic carbocycles. The fourth-order valence-corrected chi connectivity index (χ4v) is 3.21. The number of anilines is 1. The molecule has 0 saturated carbocycles. The molecular weight excluding hydrogens is 378 g/mol. The number of fused-ring (bicyclic) bond motifs is 1. The molecule has 6 nitrogen and oxygen atoms in total. The van der Waals surface area contributed by atoms with E-state index in [-0.39, 0.29) is 18.4 Å². The van der Waals surface area contributed by atoms with E-state index in [2.05, 4.69) is 10.3 Å². The minimum absolute atomic E-state index is 0.0853. The lowest BCUT2D eigenvalue weighted by atomic mass is 10.1. The zero-order chi connectivity index (χ0) is 20.9. The zero-order valence-corrected chi connectivity index (χ0v) is 16.5. The highest BCUT2D eigenvalue weighted by Crippen LogP contribution is 2.29. The summed E-state index contributed by atoms with van der Waals surface area (Å²) in [6, 6.07) is 24.1. The Bertz CT molecular complexity index is 1180. The maximum absolute atomic E-state index is 12.8. The predicted molar refractivity (Wildman–Crippen MR) is 117 cm³/mol. The first kappa shape index (κ1) is 19.3. The number of carbonyl (C=O) groups is 2. The monoisotopic (exact) mass is 399 g/mol. The molecule has 4 rings (SSSR count). The van der Waals surface area contributed by atoms with Gasteiger partial charge in [-0.3, -0.25) is 9.59 Å². The van der Waals surface area contributed by atoms with E-state index < -0.39 is 0 Å². The largest absolute Gasteiger partial charge is 0.455 e. The Morgan fingerprint density at radius 3 is 2.47 bits per heavy atom. The van der Waals surface area contributed by atoms with Crippen LogP contribution in [-0.2, 0) is 4.79 Å². The molecule has 30 heavy (non-hydrogen) atoms. The molecule has 0 aliphatic heterocycles. The molecular formula is C24H21N3O3. The number of nitrogens with zero attached hydrogens (tertiary/aromatic N) is 1. The molecule has 0 radical (unpaired) electrons. The van der Waals surface area contributed by atoms with Crippen LogP contribution in [0.1, 0.15) is 10.4 Å². The highest BCUT2D eigenvalue weighted by atomic mass is 16.5. The van der Waals surface area contributed by atoms with Crippen LogP contribution >= 0.6 is 0 Å². The lowest BCUT2D eigenvalue weighted by Gasteiger charge is -2.17. The number of benzene rings is 3. The average molecular weight is 399 g/mol. The van der Waals surface area contributed by atoms with Crippen molar-refractivity contribution < 1.29 is 14.3 Å². The molecule has 0 aliphatic rings. The summed E-state index contributed by atoms with van der Waals surface area (Å²) >= 11 is 0. The van der Waals surface area contributed by atoms with E-state index in [1.54, 1.807) is 25.4 Å². The topological polar surface area (TPSA) is 74.4 Å². The molecule has 4 aromatic rings. The summed E-state index contributed by atoms with van der Waals surface area (Å²) in [6.07, 6.45) is 1.67. The van der Waals surface area contributed by atoms with Gasteiger partial charge in [-0.15, -0.1) is 0 Å². The number of aromatic amines is 1. The zero-order valence-electron chi connectivity index (χ0n) is 16.5. The van der Waals surface area contributed by atoms with E-state index in [4.69, 9.17) is 4.74 Å². The number of amides is 2. The lowest BCUT2D eigenvalue weighted by Crippen LogP contribution is -2.34. The van der Waals surface area contributed by atoms with E-state index in [0.717, 1.165) is 10.9 Å². The van der Waals surface area contributed by atoms with Crippen LogP contribution in [0.4, 0.5) is 5.69 Å². The first-order chi connectivity index (χ1) is 14.6. The fraction of sp³-hybridized carbons (Fsp3) is 0.0833. The number of rotatable bonds is 6. The maximum atomic E-state index is 12.8. The molecule has 0 atom stereocenters. The predicted octanol–water partition coefficient (Wildman–Crippen LogP) is 4.67. The number of nitrogens with one attached hydrogen (secondary N) is 2. The average Bonchev–Trinajstić information content (AvgIpc) is 3.19. The van der Waals surface area contributed by atoms with Crippen molar-refractivity contribution in [1.82, 2.24) is 9.88 Å². The third kappa shape index (κ3) is 4.17. The molecule has 0 fully saturated rings. The smallest absolute Gasteiger partial charge is 0.256 e. The van der Waals surface area contributed by atoms with Gasteiger partial charge in [-0.1, -0.05) is 48.5 Å². The van der Waals surface area contributed by atoms with E-state index in [1.165, 1.54) is 4.90 Å². The van der Waals surface area contributed by atoms with Crippen molar-refractivity contribution in [3.63, 3.8) is 0 Å². The van der Waals surface area contributed by atoms with Crippen LogP contribution in [0.15, 0.2) is 85.1 Å². The Hall–Kier alpha value is -4.06. The SMILES string of the molecule is CN(CC(=O)Nc1ccccc1Oc1ccccc1)C(=O)c1c[nH]c2ccccc12. The van der Waals surface area contributed by atoms with Gasteiger partial charge in [-0.05, 0) is 30.3 Å².